The maximum atomic E-state index is 12.8. The van der Waals surface area contributed by atoms with Gasteiger partial charge in [0, 0.05) is 38.0 Å². The van der Waals surface area contributed by atoms with Crippen LogP contribution >= 0.6 is 0 Å². The van der Waals surface area contributed by atoms with E-state index in [0.29, 0.717) is 31.9 Å². The first-order valence-corrected chi connectivity index (χ1v) is 9.58. The van der Waals surface area contributed by atoms with E-state index in [4.69, 9.17) is 9.47 Å². The molecular weight excluding hydrogens is 372 g/mol. The largest absolute Gasteiger partial charge is 0.490 e. The minimum absolute atomic E-state index is 0.0917. The van der Waals surface area contributed by atoms with Crippen LogP contribution in [0, 0.1) is 0 Å². The average Bonchev–Trinajstić information content (AvgIpc) is 3.14. The van der Waals surface area contributed by atoms with Crippen LogP contribution in [0.1, 0.15) is 17.2 Å². The Morgan fingerprint density at radius 2 is 2.03 bits per heavy atom. The molecule has 2 aliphatic rings. The molecule has 2 atom stereocenters. The molecule has 2 aromatic carbocycles. The number of nitrogens with one attached hydrogen (secondary N) is 3. The lowest BCUT2D eigenvalue weighted by Gasteiger charge is -2.33. The normalized spacial score (nSPS) is 20.4. The third-order valence-electron chi connectivity index (χ3n) is 5.19. The van der Waals surface area contributed by atoms with Gasteiger partial charge in [0.2, 0.25) is 0 Å². The minimum atomic E-state index is -0.341. The van der Waals surface area contributed by atoms with E-state index in [2.05, 4.69) is 16.0 Å². The zero-order chi connectivity index (χ0) is 20.2. The summed E-state index contributed by atoms with van der Waals surface area (Å²) in [6, 6.07) is 14.3. The smallest absolute Gasteiger partial charge is 0.319 e. The number of rotatable bonds is 5. The molecule has 0 radical (unpaired) electrons. The molecule has 4 amide bonds. The van der Waals surface area contributed by atoms with Gasteiger partial charge < -0.3 is 30.3 Å². The van der Waals surface area contributed by atoms with E-state index >= 15 is 0 Å². The number of benzene rings is 2. The Kier molecular flexibility index (Phi) is 5.53. The molecule has 1 fully saturated rings. The zero-order valence-electron chi connectivity index (χ0n) is 16.2. The van der Waals surface area contributed by atoms with Crippen molar-refractivity contribution in [3.05, 3.63) is 59.7 Å². The maximum absolute atomic E-state index is 12.8. The van der Waals surface area contributed by atoms with Crippen molar-refractivity contribution in [3.8, 4) is 5.75 Å². The summed E-state index contributed by atoms with van der Waals surface area (Å²) in [6.45, 7) is 2.08. The summed E-state index contributed by atoms with van der Waals surface area (Å²) in [5.74, 6) is 0.742. The molecule has 8 heteroatoms. The number of methoxy groups -OCH3 is 1. The summed E-state index contributed by atoms with van der Waals surface area (Å²) >= 11 is 0. The van der Waals surface area contributed by atoms with Crippen LogP contribution in [-0.4, -0.2) is 49.9 Å². The number of amides is 4. The molecule has 0 saturated carbocycles. The van der Waals surface area contributed by atoms with Crippen LogP contribution < -0.4 is 20.7 Å². The molecule has 29 heavy (non-hydrogen) atoms. The van der Waals surface area contributed by atoms with Crippen molar-refractivity contribution in [2.75, 3.05) is 32.1 Å². The van der Waals surface area contributed by atoms with Crippen molar-refractivity contribution in [3.63, 3.8) is 0 Å². The molecule has 2 heterocycles. The summed E-state index contributed by atoms with van der Waals surface area (Å²) in [4.78, 5) is 26.4. The molecule has 2 aromatic rings. The first-order chi connectivity index (χ1) is 14.2. The monoisotopic (exact) mass is 396 g/mol. The van der Waals surface area contributed by atoms with Gasteiger partial charge in [0.15, 0.2) is 0 Å². The molecule has 1 saturated heterocycles. The summed E-state index contributed by atoms with van der Waals surface area (Å²) in [5, 5.41) is 8.71. The van der Waals surface area contributed by atoms with E-state index in [9.17, 15) is 9.59 Å². The molecule has 2 unspecified atom stereocenters. The van der Waals surface area contributed by atoms with Crippen molar-refractivity contribution in [2.24, 2.45) is 0 Å². The lowest BCUT2D eigenvalue weighted by Crippen LogP contribution is -2.44. The van der Waals surface area contributed by atoms with Crippen LogP contribution in [0.5, 0.6) is 5.75 Å². The number of ether oxygens (including phenoxy) is 2. The number of para-hydroxylation sites is 2. The second-order valence-corrected chi connectivity index (χ2v) is 7.01. The van der Waals surface area contributed by atoms with E-state index in [0.717, 1.165) is 16.9 Å². The Hall–Kier alpha value is -3.26. The fraction of sp³-hybridized carbons (Fsp3) is 0.333. The number of fused-ring (bicyclic) bond motifs is 1. The van der Waals surface area contributed by atoms with Gasteiger partial charge in [-0.3, -0.25) is 0 Å². The van der Waals surface area contributed by atoms with E-state index < -0.39 is 0 Å². The molecule has 3 N–H and O–H groups in total. The van der Waals surface area contributed by atoms with Gasteiger partial charge in [0.25, 0.3) is 0 Å². The highest BCUT2D eigenvalue weighted by molar-refractivity contribution is 5.90. The van der Waals surface area contributed by atoms with Crippen molar-refractivity contribution >= 4 is 17.7 Å². The van der Waals surface area contributed by atoms with Gasteiger partial charge in [-0.1, -0.05) is 36.4 Å². The average molecular weight is 396 g/mol. The van der Waals surface area contributed by atoms with Gasteiger partial charge in [-0.05, 0) is 17.7 Å². The molecular formula is C21H24N4O4. The van der Waals surface area contributed by atoms with Gasteiger partial charge in [0.1, 0.15) is 18.5 Å². The Labute approximate surface area is 169 Å². The van der Waals surface area contributed by atoms with Gasteiger partial charge in [0.05, 0.1) is 6.04 Å². The topological polar surface area (TPSA) is 91.9 Å². The van der Waals surface area contributed by atoms with Gasteiger partial charge >= 0.3 is 12.1 Å². The highest BCUT2D eigenvalue weighted by atomic mass is 16.5. The molecule has 4 rings (SSSR count). The molecule has 8 nitrogen and oxygen atoms in total. The molecule has 0 spiro atoms. The van der Waals surface area contributed by atoms with Crippen LogP contribution in [0.25, 0.3) is 0 Å². The van der Waals surface area contributed by atoms with Gasteiger partial charge in [-0.2, -0.15) is 0 Å². The Morgan fingerprint density at radius 3 is 2.83 bits per heavy atom. The minimum Gasteiger partial charge on any atom is -0.490 e. The van der Waals surface area contributed by atoms with Crippen LogP contribution in [-0.2, 0) is 11.3 Å². The van der Waals surface area contributed by atoms with Crippen LogP contribution in [0.15, 0.2) is 48.5 Å². The Bertz CT molecular complexity index is 904. The number of anilines is 1. The Balaban J connectivity index is 1.48. The molecule has 0 aromatic heterocycles. The fourth-order valence-corrected chi connectivity index (χ4v) is 3.66. The number of urea groups is 2. The van der Waals surface area contributed by atoms with Crippen molar-refractivity contribution in [2.45, 2.75) is 18.7 Å². The van der Waals surface area contributed by atoms with Crippen molar-refractivity contribution < 1.29 is 19.1 Å². The summed E-state index contributed by atoms with van der Waals surface area (Å²) in [5.41, 5.74) is 2.41. The number of nitrogens with zero attached hydrogens (tertiary/aromatic N) is 1. The Morgan fingerprint density at radius 1 is 1.24 bits per heavy atom. The first kappa shape index (κ1) is 19.1. The predicted octanol–water partition coefficient (Wildman–Crippen LogP) is 2.48. The standard InChI is InChI=1S/C21H24N4O4/c1-28-18-13-29-17-9-5-3-7-15(17)19(18)24-20(26)23-16-8-4-2-6-14(16)12-25-11-10-22-21(25)27/h2-9,18-19H,10-13H2,1H3,(H,22,27)(H2,23,24,26). The maximum Gasteiger partial charge on any atom is 0.319 e. The lowest BCUT2D eigenvalue weighted by atomic mass is 9.98. The SMILES string of the molecule is COC1COc2ccccc2C1NC(=O)Nc1ccccc1CN1CCNC1=O. The molecule has 152 valence electrons. The van der Waals surface area contributed by atoms with E-state index in [1.165, 1.54) is 0 Å². The van der Waals surface area contributed by atoms with E-state index in [1.807, 2.05) is 48.5 Å². The second kappa shape index (κ2) is 8.40. The lowest BCUT2D eigenvalue weighted by molar-refractivity contribution is 0.0190. The van der Waals surface area contributed by atoms with Crippen LogP contribution in [0.2, 0.25) is 0 Å². The number of hydrogen-bond acceptors (Lipinski definition) is 4. The highest BCUT2D eigenvalue weighted by Gasteiger charge is 2.32. The third-order valence-corrected chi connectivity index (χ3v) is 5.19. The van der Waals surface area contributed by atoms with Crippen LogP contribution in [0.4, 0.5) is 15.3 Å². The molecule has 2 aliphatic heterocycles. The summed E-state index contributed by atoms with van der Waals surface area (Å²) < 4.78 is 11.2. The number of carbonyl (C=O) groups excluding carboxylic acids is 2. The van der Waals surface area contributed by atoms with E-state index in [-0.39, 0.29) is 24.2 Å². The molecule has 0 aliphatic carbocycles. The zero-order valence-corrected chi connectivity index (χ0v) is 16.2. The predicted molar refractivity (Wildman–Crippen MR) is 108 cm³/mol. The quantitative estimate of drug-likeness (QED) is 0.724. The van der Waals surface area contributed by atoms with E-state index in [1.54, 1.807) is 12.0 Å². The summed E-state index contributed by atoms with van der Waals surface area (Å²) in [7, 11) is 1.60. The van der Waals surface area contributed by atoms with Gasteiger partial charge in [-0.15, -0.1) is 0 Å². The number of hydrogen-bond donors (Lipinski definition) is 3. The second-order valence-electron chi connectivity index (χ2n) is 7.01. The first-order valence-electron chi connectivity index (χ1n) is 9.58. The highest BCUT2D eigenvalue weighted by Crippen LogP contribution is 2.33. The molecule has 0 bridgehead atoms. The van der Waals surface area contributed by atoms with Gasteiger partial charge in [-0.25, -0.2) is 9.59 Å². The third kappa shape index (κ3) is 4.12. The fourth-order valence-electron chi connectivity index (χ4n) is 3.66. The van der Waals surface area contributed by atoms with Crippen molar-refractivity contribution in [1.82, 2.24) is 15.5 Å². The van der Waals surface area contributed by atoms with Crippen molar-refractivity contribution in [1.29, 1.82) is 0 Å². The number of carbonyl (C=O) groups is 2. The van der Waals surface area contributed by atoms with Crippen LogP contribution in [0.3, 0.4) is 0 Å². The summed E-state index contributed by atoms with van der Waals surface area (Å²) in [6.07, 6.45) is -0.292.